The molecule has 0 aliphatic carbocycles. The Labute approximate surface area is 251 Å². The number of benzene rings is 1. The smallest absolute Gasteiger partial charge is 0.352 e. The highest BCUT2D eigenvalue weighted by molar-refractivity contribution is 8.04. The Balaban J connectivity index is 1.16. The predicted octanol–water partition coefficient (Wildman–Crippen LogP) is 3.75. The second-order valence-electron chi connectivity index (χ2n) is 9.52. The van der Waals surface area contributed by atoms with Gasteiger partial charge in [-0.15, -0.1) is 34.4 Å². The maximum Gasteiger partial charge on any atom is 0.352 e. The summed E-state index contributed by atoms with van der Waals surface area (Å²) in [5.74, 6) is -1.51. The lowest BCUT2D eigenvalue weighted by Gasteiger charge is -2.49. The number of rotatable bonds is 8. The fraction of sp³-hybridized carbons (Fsp3) is 0.286. The van der Waals surface area contributed by atoms with Crippen molar-refractivity contribution in [1.29, 1.82) is 0 Å². The van der Waals surface area contributed by atoms with E-state index >= 15 is 0 Å². The summed E-state index contributed by atoms with van der Waals surface area (Å²) < 4.78 is 7.11. The number of carboxylic acids is 1. The molecule has 3 aliphatic heterocycles. The third-order valence-corrected chi connectivity index (χ3v) is 11.2. The van der Waals surface area contributed by atoms with Crippen molar-refractivity contribution in [2.45, 2.75) is 22.0 Å². The number of morpholine rings is 1. The first-order chi connectivity index (χ1) is 19.9. The van der Waals surface area contributed by atoms with Gasteiger partial charge in [0.25, 0.3) is 5.91 Å². The molecule has 2 N–H and O–H groups in total. The largest absolute Gasteiger partial charge is 0.477 e. The van der Waals surface area contributed by atoms with E-state index in [0.717, 1.165) is 32.6 Å². The zero-order valence-corrected chi connectivity index (χ0v) is 24.9. The molecule has 9 nitrogen and oxygen atoms in total. The van der Waals surface area contributed by atoms with Crippen molar-refractivity contribution in [1.82, 2.24) is 10.2 Å². The third-order valence-electron chi connectivity index (χ3n) is 6.95. The number of thiophene rings is 1. The van der Waals surface area contributed by atoms with E-state index in [1.54, 1.807) is 17.6 Å². The normalized spacial score (nSPS) is 20.8. The number of hydrogen-bond acceptors (Lipinski definition) is 10. The topological polar surface area (TPSA) is 116 Å². The van der Waals surface area contributed by atoms with Crippen LogP contribution in [0.15, 0.2) is 73.5 Å². The molecule has 0 bridgehead atoms. The summed E-state index contributed by atoms with van der Waals surface area (Å²) in [5, 5.41) is 16.6. The number of allylic oxidation sites excluding steroid dienone is 1. The number of thioether (sulfide) groups is 2. The number of fused-ring (bicyclic) bond motifs is 2. The average molecular weight is 628 g/mol. The van der Waals surface area contributed by atoms with E-state index in [-0.39, 0.29) is 23.5 Å². The van der Waals surface area contributed by atoms with Crippen LogP contribution in [-0.4, -0.2) is 71.3 Å². The Morgan fingerprint density at radius 2 is 2.00 bits per heavy atom. The van der Waals surface area contributed by atoms with Crippen molar-refractivity contribution < 1.29 is 24.2 Å². The van der Waals surface area contributed by atoms with E-state index in [0.29, 0.717) is 29.9 Å². The highest BCUT2D eigenvalue weighted by Gasteiger charge is 2.53. The minimum absolute atomic E-state index is 0.0666. The number of nitrogens with one attached hydrogen (secondary N) is 1. The summed E-state index contributed by atoms with van der Waals surface area (Å²) in [5.41, 5.74) is 1.43. The molecule has 2 fully saturated rings. The van der Waals surface area contributed by atoms with E-state index < -0.39 is 23.3 Å². The number of carbonyl (C=O) groups is 3. The molecular weight excluding hydrogens is 603 g/mol. The van der Waals surface area contributed by atoms with Crippen LogP contribution in [0.3, 0.4) is 0 Å². The number of amides is 2. The van der Waals surface area contributed by atoms with Crippen molar-refractivity contribution in [3.63, 3.8) is 0 Å². The molecule has 2 atom stereocenters. The molecule has 0 saturated carbocycles. The van der Waals surface area contributed by atoms with Crippen LogP contribution in [-0.2, 0) is 25.5 Å². The van der Waals surface area contributed by atoms with Crippen LogP contribution in [0.1, 0.15) is 4.88 Å². The lowest BCUT2D eigenvalue weighted by molar-refractivity contribution is -0.150. The molecule has 41 heavy (non-hydrogen) atoms. The molecule has 212 valence electrons. The zero-order chi connectivity index (χ0) is 28.5. The second-order valence-corrected chi connectivity index (χ2v) is 13.9. The van der Waals surface area contributed by atoms with Gasteiger partial charge in [-0.2, -0.15) is 0 Å². The number of β-lactam (4-membered cyclic amide) rings is 1. The molecule has 0 spiro atoms. The molecular formula is C28H25N3O6S4. The van der Waals surface area contributed by atoms with Crippen molar-refractivity contribution in [3.05, 3.63) is 79.6 Å². The average Bonchev–Trinajstić information content (AvgIpc) is 3.48. The van der Waals surface area contributed by atoms with Crippen LogP contribution in [0.5, 0.6) is 0 Å². The fourth-order valence-electron chi connectivity index (χ4n) is 4.95. The molecule has 13 heteroatoms. The Morgan fingerprint density at radius 1 is 1.17 bits per heavy atom. The molecule has 3 aliphatic rings. The van der Waals surface area contributed by atoms with Crippen LogP contribution in [0.2, 0.25) is 0 Å². The van der Waals surface area contributed by atoms with Gasteiger partial charge in [-0.25, -0.2) is 4.79 Å². The van der Waals surface area contributed by atoms with Crippen LogP contribution in [0, 0.1) is 0 Å². The standard InChI is InChI=1S/C28H25N3O6S4/c32-20-14-23(41-21-12-17(3-4-19(20)21)30-6-8-37-9-7-30)39-11-5-16-15-40-27-24(26(34)31(27)25(16)28(35)36)29-22(33)13-18-2-1-10-38-18/h1-5,10-12,14,24,27H,6-9,13,15H2,(H,29,33)(H,35,36)/t24?,27-/m0/s1. The Bertz CT molecular complexity index is 1630. The summed E-state index contributed by atoms with van der Waals surface area (Å²) >= 11 is 5.73. The minimum atomic E-state index is -1.19. The van der Waals surface area contributed by atoms with Gasteiger partial charge in [0, 0.05) is 45.6 Å². The minimum Gasteiger partial charge on any atom is -0.477 e. The van der Waals surface area contributed by atoms with Gasteiger partial charge in [-0.3, -0.25) is 19.3 Å². The fourth-order valence-corrected chi connectivity index (χ4v) is 8.98. The van der Waals surface area contributed by atoms with Gasteiger partial charge in [0.1, 0.15) is 17.1 Å². The molecule has 5 heterocycles. The summed E-state index contributed by atoms with van der Waals surface area (Å²) in [4.78, 5) is 54.7. The Hall–Kier alpha value is -3.10. The van der Waals surface area contributed by atoms with Gasteiger partial charge < -0.3 is 20.1 Å². The van der Waals surface area contributed by atoms with Crippen LogP contribution in [0.4, 0.5) is 5.69 Å². The quantitative estimate of drug-likeness (QED) is 0.285. The van der Waals surface area contributed by atoms with Crippen molar-refractivity contribution in [2.75, 3.05) is 37.0 Å². The molecule has 3 aromatic rings. The summed E-state index contributed by atoms with van der Waals surface area (Å²) in [6, 6.07) is 10.4. The second kappa shape index (κ2) is 12.0. The van der Waals surface area contributed by atoms with Crippen LogP contribution in [0.25, 0.3) is 10.1 Å². The highest BCUT2D eigenvalue weighted by atomic mass is 32.2. The number of nitrogens with zero attached hydrogens (tertiary/aromatic N) is 2. The molecule has 6 rings (SSSR count). The molecule has 2 aromatic heterocycles. The molecule has 2 saturated heterocycles. The van der Waals surface area contributed by atoms with Crippen molar-refractivity contribution in [2.24, 2.45) is 0 Å². The SMILES string of the molecule is O=C(Cc1cccs1)NC1C(=O)N2C(C(=O)O)=C(C=CSc3cc(=O)c4ccc(N5CCOCC5)cc4s3)CS[C@@H]12. The number of carboxylic acid groups (broad SMARTS) is 1. The van der Waals surface area contributed by atoms with Gasteiger partial charge in [0.2, 0.25) is 5.91 Å². The molecule has 0 radical (unpaired) electrons. The number of anilines is 1. The number of carbonyl (C=O) groups excluding carboxylic acids is 2. The number of hydrogen-bond donors (Lipinski definition) is 2. The van der Waals surface area contributed by atoms with Crippen molar-refractivity contribution in [3.8, 4) is 0 Å². The highest BCUT2D eigenvalue weighted by Crippen LogP contribution is 2.41. The maximum absolute atomic E-state index is 12.9. The molecule has 2 amide bonds. The van der Waals surface area contributed by atoms with E-state index in [1.807, 2.05) is 35.7 Å². The van der Waals surface area contributed by atoms with Crippen LogP contribution >= 0.6 is 46.2 Å². The van der Waals surface area contributed by atoms with Crippen LogP contribution < -0.4 is 15.6 Å². The first-order valence-electron chi connectivity index (χ1n) is 12.9. The summed E-state index contributed by atoms with van der Waals surface area (Å²) in [6.07, 6.45) is 1.87. The predicted molar refractivity (Wildman–Crippen MR) is 164 cm³/mol. The van der Waals surface area contributed by atoms with E-state index in [9.17, 15) is 24.3 Å². The Kier molecular flexibility index (Phi) is 8.22. The van der Waals surface area contributed by atoms with Gasteiger partial charge >= 0.3 is 5.97 Å². The van der Waals surface area contributed by atoms with E-state index in [2.05, 4.69) is 10.2 Å². The van der Waals surface area contributed by atoms with E-state index in [4.69, 9.17) is 4.74 Å². The number of aliphatic carboxylic acids is 1. The van der Waals surface area contributed by atoms with Crippen molar-refractivity contribution >= 4 is 79.8 Å². The first kappa shape index (κ1) is 28.0. The number of ether oxygens (including phenoxy) is 1. The summed E-state index contributed by atoms with van der Waals surface area (Å²) in [6.45, 7) is 2.96. The third kappa shape index (κ3) is 5.82. The maximum atomic E-state index is 12.9. The molecule has 1 unspecified atom stereocenters. The van der Waals surface area contributed by atoms with Gasteiger partial charge in [0.15, 0.2) is 5.43 Å². The monoisotopic (exact) mass is 627 g/mol. The zero-order valence-electron chi connectivity index (χ0n) is 21.6. The van der Waals surface area contributed by atoms with Gasteiger partial charge in [0.05, 0.1) is 23.8 Å². The Morgan fingerprint density at radius 3 is 2.76 bits per heavy atom. The first-order valence-corrected chi connectivity index (χ1v) is 16.5. The van der Waals surface area contributed by atoms with E-state index in [1.165, 1.54) is 51.1 Å². The molecule has 1 aromatic carbocycles. The lowest BCUT2D eigenvalue weighted by Crippen LogP contribution is -2.70. The summed E-state index contributed by atoms with van der Waals surface area (Å²) in [7, 11) is 0. The van der Waals surface area contributed by atoms with Gasteiger partial charge in [-0.05, 0) is 46.7 Å². The lowest BCUT2D eigenvalue weighted by atomic mass is 10.0. The van der Waals surface area contributed by atoms with Gasteiger partial charge in [-0.1, -0.05) is 17.8 Å².